The molecule has 1 aromatic heterocycles. The molecule has 48 heavy (non-hydrogen) atoms. The first-order valence-electron chi connectivity index (χ1n) is 15.9. The van der Waals surface area contributed by atoms with E-state index in [-0.39, 0.29) is 37.5 Å². The molecular weight excluding hydrogens is 606 g/mol. The first kappa shape index (κ1) is 32.0. The van der Waals surface area contributed by atoms with Crippen molar-refractivity contribution in [1.82, 2.24) is 15.2 Å². The second-order valence-electron chi connectivity index (χ2n) is 11.6. The van der Waals surface area contributed by atoms with Gasteiger partial charge in [-0.2, -0.15) is 0 Å². The molecule has 0 radical (unpaired) electrons. The molecule has 0 aliphatic heterocycles. The monoisotopic (exact) mass is 641 g/mol. The number of nitrogens with one attached hydrogen (secondary N) is 2. The molecule has 2 amide bonds. The summed E-state index contributed by atoms with van der Waals surface area (Å²) in [5.41, 5.74) is 5.47. The average molecular weight is 642 g/mol. The number of alkyl carbamates (subject to hydrolysis) is 1. The molecule has 0 saturated carbocycles. The lowest BCUT2D eigenvalue weighted by Crippen LogP contribution is -2.44. The van der Waals surface area contributed by atoms with Crippen LogP contribution in [0.5, 0.6) is 0 Å². The summed E-state index contributed by atoms with van der Waals surface area (Å²) in [6, 6.07) is 36.3. The number of hydrogen-bond donors (Lipinski definition) is 3. The van der Waals surface area contributed by atoms with Crippen molar-refractivity contribution in [3.05, 3.63) is 166 Å². The van der Waals surface area contributed by atoms with Crippen LogP contribution in [0.3, 0.4) is 0 Å². The number of ether oxygens (including phenoxy) is 1. The molecule has 5 aromatic rings. The molecule has 9 nitrogen and oxygen atoms in total. The van der Waals surface area contributed by atoms with Gasteiger partial charge in [0.1, 0.15) is 18.2 Å². The maximum absolute atomic E-state index is 13.7. The second-order valence-corrected chi connectivity index (χ2v) is 11.6. The molecule has 0 unspecified atom stereocenters. The van der Waals surface area contributed by atoms with E-state index < -0.39 is 35.6 Å². The van der Waals surface area contributed by atoms with Crippen LogP contribution in [0.1, 0.15) is 57.4 Å². The predicted octanol–water partition coefficient (Wildman–Crippen LogP) is 5.99. The summed E-state index contributed by atoms with van der Waals surface area (Å²) in [5.74, 6) is -2.11. The Balaban J connectivity index is 1.05. The van der Waals surface area contributed by atoms with Gasteiger partial charge in [0, 0.05) is 18.7 Å². The highest BCUT2D eigenvalue weighted by atomic mass is 16.5. The summed E-state index contributed by atoms with van der Waals surface area (Å²) in [6.07, 6.45) is 1.30. The van der Waals surface area contributed by atoms with Gasteiger partial charge in [0.2, 0.25) is 0 Å². The highest BCUT2D eigenvalue weighted by Gasteiger charge is 2.29. The Morgan fingerprint density at radius 1 is 0.750 bits per heavy atom. The van der Waals surface area contributed by atoms with Crippen LogP contribution < -0.4 is 16.2 Å². The Bertz CT molecular complexity index is 1890. The van der Waals surface area contributed by atoms with Gasteiger partial charge >= 0.3 is 12.1 Å². The Morgan fingerprint density at radius 3 is 1.90 bits per heavy atom. The van der Waals surface area contributed by atoms with Gasteiger partial charge in [-0.3, -0.25) is 9.59 Å². The van der Waals surface area contributed by atoms with Crippen molar-refractivity contribution >= 4 is 18.0 Å². The van der Waals surface area contributed by atoms with Crippen molar-refractivity contribution in [2.24, 2.45) is 0 Å². The lowest BCUT2D eigenvalue weighted by atomic mass is 9.98. The quantitative estimate of drug-likeness (QED) is 0.144. The van der Waals surface area contributed by atoms with Crippen LogP contribution in [-0.4, -0.2) is 46.8 Å². The molecule has 9 heteroatoms. The van der Waals surface area contributed by atoms with Crippen molar-refractivity contribution in [2.45, 2.75) is 30.8 Å². The van der Waals surface area contributed by atoms with Gasteiger partial charge in [0.15, 0.2) is 0 Å². The first-order valence-corrected chi connectivity index (χ1v) is 15.9. The number of fused-ring (bicyclic) bond motifs is 3. The molecule has 242 valence electrons. The molecule has 1 aliphatic carbocycles. The zero-order chi connectivity index (χ0) is 33.5. The first-order chi connectivity index (χ1) is 23.4. The lowest BCUT2D eigenvalue weighted by Gasteiger charge is -2.22. The fourth-order valence-corrected chi connectivity index (χ4v) is 6.31. The van der Waals surface area contributed by atoms with Crippen molar-refractivity contribution < 1.29 is 24.2 Å². The maximum Gasteiger partial charge on any atom is 0.407 e. The number of carbonyl (C=O) groups excluding carboxylic acids is 2. The third-order valence-corrected chi connectivity index (χ3v) is 8.61. The summed E-state index contributed by atoms with van der Waals surface area (Å²) in [6.45, 7) is 0.308. The van der Waals surface area contributed by atoms with Gasteiger partial charge < -0.3 is 25.0 Å². The van der Waals surface area contributed by atoms with Crippen molar-refractivity contribution in [2.75, 3.05) is 13.2 Å². The number of hydrogen-bond acceptors (Lipinski definition) is 5. The number of rotatable bonds is 12. The Hall–Kier alpha value is -5.96. The molecule has 1 atom stereocenters. The van der Waals surface area contributed by atoms with Crippen LogP contribution >= 0.6 is 0 Å². The standard InChI is InChI=1S/C39H35N3O6/c43-36(32-21-12-24-42(37(32)44)35(26-13-3-1-4-14-26)27-15-5-2-6-16-27)41-34(38(45)46)22-11-23-40-39(47)48-25-33-30-19-9-7-17-28(30)29-18-8-10-20-31(29)33/h1-10,12-21,24,33-35H,11,22-23,25H2,(H,40,47)(H,41,43)(H,45,46)/t34-/m0/s1. The highest BCUT2D eigenvalue weighted by molar-refractivity contribution is 5.96. The van der Waals surface area contributed by atoms with Crippen LogP contribution in [0.15, 0.2) is 132 Å². The van der Waals surface area contributed by atoms with Crippen molar-refractivity contribution in [3.8, 4) is 11.1 Å². The minimum Gasteiger partial charge on any atom is -0.480 e. The number of benzene rings is 4. The maximum atomic E-state index is 13.7. The zero-order valence-electron chi connectivity index (χ0n) is 26.1. The third kappa shape index (κ3) is 6.90. The zero-order valence-corrected chi connectivity index (χ0v) is 26.1. The smallest absolute Gasteiger partial charge is 0.407 e. The summed E-state index contributed by atoms with van der Waals surface area (Å²) < 4.78 is 7.03. The molecule has 0 saturated heterocycles. The second kappa shape index (κ2) is 14.6. The fourth-order valence-electron chi connectivity index (χ4n) is 6.31. The summed E-state index contributed by atoms with van der Waals surface area (Å²) in [5, 5.41) is 15.0. The normalized spacial score (nSPS) is 12.5. The van der Waals surface area contributed by atoms with Gasteiger partial charge in [-0.25, -0.2) is 9.59 Å². The summed E-state index contributed by atoms with van der Waals surface area (Å²) in [4.78, 5) is 51.6. The van der Waals surface area contributed by atoms with Crippen LogP contribution in [0.2, 0.25) is 0 Å². The number of carboxylic acid groups (broad SMARTS) is 1. The van der Waals surface area contributed by atoms with Gasteiger partial charge in [0.25, 0.3) is 11.5 Å². The number of carboxylic acids is 1. The van der Waals surface area contributed by atoms with E-state index in [4.69, 9.17) is 4.74 Å². The van der Waals surface area contributed by atoms with Gasteiger partial charge in [-0.15, -0.1) is 0 Å². The van der Waals surface area contributed by atoms with Crippen LogP contribution in [0.25, 0.3) is 11.1 Å². The Labute approximate surface area is 277 Å². The summed E-state index contributed by atoms with van der Waals surface area (Å²) >= 11 is 0. The van der Waals surface area contributed by atoms with E-state index in [1.165, 1.54) is 10.6 Å². The van der Waals surface area contributed by atoms with Gasteiger partial charge in [0.05, 0.1) is 6.04 Å². The van der Waals surface area contributed by atoms with Crippen molar-refractivity contribution in [1.29, 1.82) is 0 Å². The number of aromatic nitrogens is 1. The lowest BCUT2D eigenvalue weighted by molar-refractivity contribution is -0.139. The number of carbonyl (C=O) groups is 3. The van der Waals surface area contributed by atoms with Crippen LogP contribution in [0.4, 0.5) is 4.79 Å². The average Bonchev–Trinajstić information content (AvgIpc) is 3.43. The largest absolute Gasteiger partial charge is 0.480 e. The van der Waals surface area contributed by atoms with E-state index in [1.54, 1.807) is 12.3 Å². The molecule has 0 fully saturated rings. The van der Waals surface area contributed by atoms with Gasteiger partial charge in [-0.1, -0.05) is 109 Å². The molecule has 4 aromatic carbocycles. The van der Waals surface area contributed by atoms with E-state index in [1.807, 2.05) is 97.1 Å². The van der Waals surface area contributed by atoms with E-state index in [9.17, 15) is 24.3 Å². The van der Waals surface area contributed by atoms with Crippen LogP contribution in [0, 0.1) is 0 Å². The predicted molar refractivity (Wildman–Crippen MR) is 182 cm³/mol. The molecule has 0 spiro atoms. The van der Waals surface area contributed by atoms with Gasteiger partial charge in [-0.05, 0) is 58.4 Å². The van der Waals surface area contributed by atoms with E-state index >= 15 is 0 Å². The molecule has 3 N–H and O–H groups in total. The fraction of sp³-hybridized carbons (Fsp3) is 0.179. The third-order valence-electron chi connectivity index (χ3n) is 8.61. The number of amides is 2. The molecule has 1 aliphatic rings. The number of aliphatic carboxylic acids is 1. The van der Waals surface area contributed by atoms with Crippen LogP contribution in [-0.2, 0) is 9.53 Å². The number of nitrogens with zero attached hydrogens (tertiary/aromatic N) is 1. The molecule has 1 heterocycles. The summed E-state index contributed by atoms with van der Waals surface area (Å²) in [7, 11) is 0. The minimum absolute atomic E-state index is 0.0302. The molecule has 6 rings (SSSR count). The van der Waals surface area contributed by atoms with Crippen molar-refractivity contribution in [3.63, 3.8) is 0 Å². The van der Waals surface area contributed by atoms with E-state index in [0.29, 0.717) is 0 Å². The number of pyridine rings is 1. The van der Waals surface area contributed by atoms with E-state index in [2.05, 4.69) is 22.8 Å². The molecular formula is C39H35N3O6. The Kier molecular flexibility index (Phi) is 9.76. The SMILES string of the molecule is O=C(NCCC[C@H](NC(=O)c1cccn(C(c2ccccc2)c2ccccc2)c1=O)C(=O)O)OCC1c2ccccc2-c2ccccc21. The Morgan fingerprint density at radius 2 is 1.31 bits per heavy atom. The highest BCUT2D eigenvalue weighted by Crippen LogP contribution is 2.44. The van der Waals surface area contributed by atoms with E-state index in [0.717, 1.165) is 33.4 Å². The topological polar surface area (TPSA) is 127 Å². The molecule has 0 bridgehead atoms. The minimum atomic E-state index is -1.27.